The molecule has 1 N–H and O–H groups in total. The van der Waals surface area contributed by atoms with E-state index in [9.17, 15) is 9.90 Å². The van der Waals surface area contributed by atoms with Gasteiger partial charge in [0, 0.05) is 24.2 Å². The molecule has 1 unspecified atom stereocenters. The van der Waals surface area contributed by atoms with Gasteiger partial charge in [0.05, 0.1) is 27.2 Å². The maximum absolute atomic E-state index is 12.3. The van der Waals surface area contributed by atoms with Crippen molar-refractivity contribution in [2.75, 3.05) is 0 Å². The van der Waals surface area contributed by atoms with Gasteiger partial charge in [-0.15, -0.1) is 11.3 Å². The number of carboxylic acid groups (broad SMARTS) is 1. The number of hydrogen-bond acceptors (Lipinski definition) is 5. The molecule has 1 aromatic carbocycles. The molecule has 7 heteroatoms. The van der Waals surface area contributed by atoms with Gasteiger partial charge in [-0.25, -0.2) is 15.0 Å². The Morgan fingerprint density at radius 1 is 1.25 bits per heavy atom. The van der Waals surface area contributed by atoms with Crippen molar-refractivity contribution in [3.05, 3.63) is 40.8 Å². The zero-order valence-electron chi connectivity index (χ0n) is 19.2. The van der Waals surface area contributed by atoms with Gasteiger partial charge in [0.1, 0.15) is 5.82 Å². The van der Waals surface area contributed by atoms with Gasteiger partial charge in [-0.3, -0.25) is 4.79 Å². The van der Waals surface area contributed by atoms with E-state index in [2.05, 4.69) is 21.7 Å². The van der Waals surface area contributed by atoms with Crippen LogP contribution in [0.5, 0.6) is 0 Å². The Morgan fingerprint density at radius 3 is 2.81 bits per heavy atom. The van der Waals surface area contributed by atoms with Gasteiger partial charge >= 0.3 is 5.97 Å². The van der Waals surface area contributed by atoms with Gasteiger partial charge in [-0.05, 0) is 49.4 Å². The van der Waals surface area contributed by atoms with Crippen molar-refractivity contribution in [2.24, 2.45) is 0 Å². The molecule has 6 nitrogen and oxygen atoms in total. The summed E-state index contributed by atoms with van der Waals surface area (Å²) in [6.45, 7) is 8.85. The monoisotopic (exact) mass is 450 g/mol. The summed E-state index contributed by atoms with van der Waals surface area (Å²) < 4.78 is 3.37. The van der Waals surface area contributed by atoms with Crippen LogP contribution in [0.3, 0.4) is 0 Å². The van der Waals surface area contributed by atoms with E-state index in [1.807, 2.05) is 39.3 Å². The lowest BCUT2D eigenvalue weighted by atomic mass is 9.86. The highest BCUT2D eigenvalue weighted by Gasteiger charge is 2.30. The number of fused-ring (bicyclic) bond motifs is 4. The third-order valence-corrected chi connectivity index (χ3v) is 6.87. The van der Waals surface area contributed by atoms with Crippen LogP contribution in [0.2, 0.25) is 0 Å². The second kappa shape index (κ2) is 9.36. The molecule has 4 heterocycles. The van der Waals surface area contributed by atoms with E-state index in [1.54, 1.807) is 11.3 Å². The van der Waals surface area contributed by atoms with Crippen molar-refractivity contribution in [2.45, 2.75) is 72.3 Å². The van der Waals surface area contributed by atoms with Crippen LogP contribution in [0.4, 0.5) is 0 Å². The smallest absolute Gasteiger partial charge is 0.311 e. The van der Waals surface area contributed by atoms with Crippen molar-refractivity contribution in [3.63, 3.8) is 0 Å². The maximum Gasteiger partial charge on any atom is 0.311 e. The Hall–Kier alpha value is -2.80. The van der Waals surface area contributed by atoms with Crippen molar-refractivity contribution < 1.29 is 9.90 Å². The minimum absolute atomic E-state index is 0.583. The molecule has 0 aliphatic carbocycles. The topological polar surface area (TPSA) is 80.9 Å². The SMILES string of the molecule is CC.CCCC(C(=O)O)c1c(C)nc2nc3n(c2c1-c1ccc2ncsc2c1)CCCC3. The average Bonchev–Trinajstić information content (AvgIpc) is 3.41. The molecule has 0 amide bonds. The van der Waals surface area contributed by atoms with Crippen LogP contribution < -0.4 is 0 Å². The molecular formula is C25H30N4O2S. The number of rotatable bonds is 5. The maximum atomic E-state index is 12.3. The predicted octanol–water partition coefficient (Wildman–Crippen LogP) is 6.35. The fraction of sp³-hybridized carbons (Fsp3) is 0.440. The number of nitrogens with zero attached hydrogens (tertiary/aromatic N) is 4. The summed E-state index contributed by atoms with van der Waals surface area (Å²) in [5, 5.41) is 10.1. The summed E-state index contributed by atoms with van der Waals surface area (Å²) in [4.78, 5) is 26.3. The summed E-state index contributed by atoms with van der Waals surface area (Å²) >= 11 is 1.60. The molecule has 32 heavy (non-hydrogen) atoms. The first-order valence-electron chi connectivity index (χ1n) is 11.5. The number of thiazole rings is 1. The van der Waals surface area contributed by atoms with E-state index < -0.39 is 11.9 Å². The van der Waals surface area contributed by atoms with Crippen molar-refractivity contribution in [1.29, 1.82) is 0 Å². The number of carbonyl (C=O) groups is 1. The molecule has 5 rings (SSSR count). The summed E-state index contributed by atoms with van der Waals surface area (Å²) in [5.41, 5.74) is 8.12. The zero-order valence-corrected chi connectivity index (χ0v) is 20.0. The Balaban J connectivity index is 0.00000119. The fourth-order valence-electron chi connectivity index (χ4n) is 4.73. The molecule has 3 aromatic heterocycles. The van der Waals surface area contributed by atoms with Gasteiger partial charge in [0.2, 0.25) is 0 Å². The number of aryl methyl sites for hydroxylation is 3. The van der Waals surface area contributed by atoms with E-state index in [4.69, 9.17) is 9.97 Å². The van der Waals surface area contributed by atoms with Crippen LogP contribution in [0.15, 0.2) is 23.7 Å². The van der Waals surface area contributed by atoms with Crippen LogP contribution in [-0.4, -0.2) is 30.6 Å². The Labute approximate surface area is 192 Å². The van der Waals surface area contributed by atoms with Gasteiger partial charge < -0.3 is 9.67 Å². The van der Waals surface area contributed by atoms with E-state index in [-0.39, 0.29) is 0 Å². The molecule has 168 valence electrons. The number of hydrogen-bond donors (Lipinski definition) is 1. The number of carboxylic acids is 1. The van der Waals surface area contributed by atoms with E-state index in [0.29, 0.717) is 6.42 Å². The normalized spacial score (nSPS) is 14.1. The lowest BCUT2D eigenvalue weighted by Crippen LogP contribution is -2.16. The highest BCUT2D eigenvalue weighted by atomic mass is 32.1. The Bertz CT molecular complexity index is 1270. The Kier molecular flexibility index (Phi) is 6.55. The predicted molar refractivity (Wildman–Crippen MR) is 130 cm³/mol. The van der Waals surface area contributed by atoms with Gasteiger partial charge in [-0.1, -0.05) is 33.3 Å². The summed E-state index contributed by atoms with van der Waals surface area (Å²) in [5.74, 6) is -0.323. The summed E-state index contributed by atoms with van der Waals surface area (Å²) in [7, 11) is 0. The lowest BCUT2D eigenvalue weighted by molar-refractivity contribution is -0.139. The first kappa shape index (κ1) is 22.4. The number of pyridine rings is 1. The van der Waals surface area contributed by atoms with Crippen molar-refractivity contribution >= 4 is 38.7 Å². The second-order valence-electron chi connectivity index (χ2n) is 8.01. The van der Waals surface area contributed by atoms with Gasteiger partial charge in [-0.2, -0.15) is 0 Å². The zero-order chi connectivity index (χ0) is 22.8. The van der Waals surface area contributed by atoms with Crippen LogP contribution >= 0.6 is 11.3 Å². The van der Waals surface area contributed by atoms with Gasteiger partial charge in [0.25, 0.3) is 0 Å². The molecule has 1 atom stereocenters. The quantitative estimate of drug-likeness (QED) is 0.383. The molecule has 1 aliphatic rings. The molecule has 0 radical (unpaired) electrons. The summed E-state index contributed by atoms with van der Waals surface area (Å²) in [6.07, 6.45) is 4.55. The molecule has 1 aliphatic heterocycles. The fourth-order valence-corrected chi connectivity index (χ4v) is 5.45. The minimum atomic E-state index is -0.792. The molecule has 0 bridgehead atoms. The average molecular weight is 451 g/mol. The number of aliphatic carboxylic acids is 1. The number of aromatic nitrogens is 4. The van der Waals surface area contributed by atoms with Crippen LogP contribution in [0.1, 0.15) is 69.5 Å². The highest BCUT2D eigenvalue weighted by Crippen LogP contribution is 2.41. The van der Waals surface area contributed by atoms with E-state index >= 15 is 0 Å². The second-order valence-corrected chi connectivity index (χ2v) is 8.90. The molecular weight excluding hydrogens is 420 g/mol. The number of benzene rings is 1. The van der Waals surface area contributed by atoms with Gasteiger partial charge in [0.15, 0.2) is 5.65 Å². The molecule has 0 saturated carbocycles. The van der Waals surface area contributed by atoms with Crippen LogP contribution in [0.25, 0.3) is 32.5 Å². The van der Waals surface area contributed by atoms with E-state index in [1.165, 1.54) is 0 Å². The Morgan fingerprint density at radius 2 is 2.06 bits per heavy atom. The lowest BCUT2D eigenvalue weighted by Gasteiger charge is -2.22. The third kappa shape index (κ3) is 3.79. The molecule has 0 spiro atoms. The summed E-state index contributed by atoms with van der Waals surface area (Å²) in [6, 6.07) is 6.22. The molecule has 4 aromatic rings. The number of imidazole rings is 1. The minimum Gasteiger partial charge on any atom is -0.481 e. The molecule has 0 saturated heterocycles. The molecule has 0 fully saturated rings. The largest absolute Gasteiger partial charge is 0.481 e. The third-order valence-electron chi connectivity index (χ3n) is 6.07. The van der Waals surface area contributed by atoms with Crippen LogP contribution in [-0.2, 0) is 17.8 Å². The van der Waals surface area contributed by atoms with Crippen LogP contribution in [0, 0.1) is 6.92 Å². The van der Waals surface area contributed by atoms with Crippen molar-refractivity contribution in [1.82, 2.24) is 19.5 Å². The van der Waals surface area contributed by atoms with Crippen molar-refractivity contribution in [3.8, 4) is 11.1 Å². The van der Waals surface area contributed by atoms with E-state index in [0.717, 1.165) is 81.8 Å². The standard InChI is InChI=1S/C23H24N4O2S.C2H6/c1-3-6-15(23(28)29)19-13(2)25-22-21(27-10-5-4-7-18(27)26-22)20(19)14-8-9-16-17(11-14)30-12-24-16;1-2/h8-9,11-12,15H,3-7,10H2,1-2H3,(H,28,29);1-2H3. The highest BCUT2D eigenvalue weighted by molar-refractivity contribution is 7.16. The first-order valence-corrected chi connectivity index (χ1v) is 12.4. The first-order chi connectivity index (χ1) is 15.6.